The highest BCUT2D eigenvalue weighted by molar-refractivity contribution is 5.89. The quantitative estimate of drug-likeness (QED) is 0.593. The van der Waals surface area contributed by atoms with Crippen molar-refractivity contribution < 1.29 is 19.0 Å². The first-order chi connectivity index (χ1) is 9.79. The molecule has 1 aliphatic rings. The number of carbonyl (C=O) groups is 1. The molecule has 0 aromatic heterocycles. The first-order valence-corrected chi connectivity index (χ1v) is 7.20. The van der Waals surface area contributed by atoms with Crippen LogP contribution in [0, 0.1) is 0 Å². The van der Waals surface area contributed by atoms with E-state index in [0.717, 1.165) is 37.9 Å². The van der Waals surface area contributed by atoms with Gasteiger partial charge in [0.15, 0.2) is 6.29 Å². The van der Waals surface area contributed by atoms with Crippen LogP contribution >= 0.6 is 0 Å². The van der Waals surface area contributed by atoms with Crippen molar-refractivity contribution in [2.45, 2.75) is 38.4 Å². The SMILES string of the molecule is COC(=O)c1cccc(CCCOC2CCCCO2)c1. The van der Waals surface area contributed by atoms with Gasteiger partial charge in [-0.1, -0.05) is 12.1 Å². The highest BCUT2D eigenvalue weighted by Gasteiger charge is 2.13. The molecule has 0 saturated carbocycles. The Balaban J connectivity index is 1.72. The number of carbonyl (C=O) groups excluding carboxylic acids is 1. The molecule has 1 aromatic rings. The molecule has 0 amide bonds. The fraction of sp³-hybridized carbons (Fsp3) is 0.562. The second kappa shape index (κ2) is 8.02. The van der Waals surface area contributed by atoms with Crippen molar-refractivity contribution in [2.24, 2.45) is 0 Å². The normalized spacial score (nSPS) is 18.8. The second-order valence-electron chi connectivity index (χ2n) is 4.96. The van der Waals surface area contributed by atoms with Gasteiger partial charge in [-0.3, -0.25) is 0 Å². The third kappa shape index (κ3) is 4.62. The number of aryl methyl sites for hydroxylation is 1. The van der Waals surface area contributed by atoms with Crippen molar-refractivity contribution in [3.05, 3.63) is 35.4 Å². The summed E-state index contributed by atoms with van der Waals surface area (Å²) in [5.74, 6) is -0.293. The Labute approximate surface area is 120 Å². The van der Waals surface area contributed by atoms with Crippen molar-refractivity contribution in [3.8, 4) is 0 Å². The molecule has 1 saturated heterocycles. The van der Waals surface area contributed by atoms with Gasteiger partial charge in [-0.2, -0.15) is 0 Å². The second-order valence-corrected chi connectivity index (χ2v) is 4.96. The molecule has 0 N–H and O–H groups in total. The first kappa shape index (κ1) is 15.0. The van der Waals surface area contributed by atoms with Crippen molar-refractivity contribution in [1.29, 1.82) is 0 Å². The lowest BCUT2D eigenvalue weighted by Gasteiger charge is -2.22. The van der Waals surface area contributed by atoms with Gasteiger partial charge in [0, 0.05) is 6.61 Å². The summed E-state index contributed by atoms with van der Waals surface area (Å²) < 4.78 is 15.9. The summed E-state index contributed by atoms with van der Waals surface area (Å²) in [7, 11) is 1.40. The topological polar surface area (TPSA) is 44.8 Å². The largest absolute Gasteiger partial charge is 0.465 e. The van der Waals surface area contributed by atoms with Gasteiger partial charge in [0.1, 0.15) is 0 Å². The number of hydrogen-bond acceptors (Lipinski definition) is 4. The maximum Gasteiger partial charge on any atom is 0.337 e. The Morgan fingerprint density at radius 1 is 1.40 bits per heavy atom. The molecule has 1 atom stereocenters. The molecular weight excluding hydrogens is 256 g/mol. The summed E-state index contributed by atoms with van der Waals surface area (Å²) in [6.07, 6.45) is 5.11. The smallest absolute Gasteiger partial charge is 0.337 e. The number of rotatable bonds is 6. The van der Waals surface area contributed by atoms with Gasteiger partial charge < -0.3 is 14.2 Å². The standard InChI is InChI=1S/C16H22O4/c1-18-16(17)14-8-4-6-13(12-14)7-5-11-20-15-9-2-3-10-19-15/h4,6,8,12,15H,2-3,5,7,9-11H2,1H3. The lowest BCUT2D eigenvalue weighted by Crippen LogP contribution is -2.22. The molecule has 4 heteroatoms. The molecule has 0 aliphatic carbocycles. The van der Waals surface area contributed by atoms with Crippen LogP contribution in [0.5, 0.6) is 0 Å². The third-order valence-corrected chi connectivity index (χ3v) is 3.40. The number of hydrogen-bond donors (Lipinski definition) is 0. The molecular formula is C16H22O4. The van der Waals surface area contributed by atoms with Crippen LogP contribution in [0.15, 0.2) is 24.3 Å². The average Bonchev–Trinajstić information content (AvgIpc) is 2.52. The minimum atomic E-state index is -0.293. The fourth-order valence-corrected chi connectivity index (χ4v) is 2.31. The van der Waals surface area contributed by atoms with Crippen LogP contribution in [0.3, 0.4) is 0 Å². The predicted molar refractivity (Wildman–Crippen MR) is 75.6 cm³/mol. The van der Waals surface area contributed by atoms with Gasteiger partial charge in [-0.05, 0) is 49.8 Å². The Hall–Kier alpha value is -1.39. The zero-order valence-corrected chi connectivity index (χ0v) is 12.0. The Bertz CT molecular complexity index is 424. The summed E-state index contributed by atoms with van der Waals surface area (Å²) in [6.45, 7) is 1.50. The minimum absolute atomic E-state index is 0.0230. The van der Waals surface area contributed by atoms with E-state index in [-0.39, 0.29) is 12.3 Å². The molecule has 110 valence electrons. The predicted octanol–water partition coefficient (Wildman–Crippen LogP) is 2.95. The molecule has 1 aliphatic heterocycles. The summed E-state index contributed by atoms with van der Waals surface area (Å²) in [6, 6.07) is 7.54. The molecule has 20 heavy (non-hydrogen) atoms. The Morgan fingerprint density at radius 3 is 3.05 bits per heavy atom. The van der Waals surface area contributed by atoms with Crippen LogP contribution in [0.4, 0.5) is 0 Å². The van der Waals surface area contributed by atoms with Crippen LogP contribution in [0.1, 0.15) is 41.6 Å². The maximum atomic E-state index is 11.4. The third-order valence-electron chi connectivity index (χ3n) is 3.40. The Kier molecular flexibility index (Phi) is 6.02. The van der Waals surface area contributed by atoms with Crippen LogP contribution < -0.4 is 0 Å². The molecule has 4 nitrogen and oxygen atoms in total. The molecule has 1 aromatic carbocycles. The number of ether oxygens (including phenoxy) is 3. The summed E-state index contributed by atoms with van der Waals surface area (Å²) in [5, 5.41) is 0. The zero-order valence-electron chi connectivity index (χ0n) is 12.0. The van der Waals surface area contributed by atoms with E-state index < -0.39 is 0 Å². The van der Waals surface area contributed by atoms with Crippen molar-refractivity contribution in [3.63, 3.8) is 0 Å². The van der Waals surface area contributed by atoms with E-state index in [9.17, 15) is 4.79 Å². The summed E-state index contributed by atoms with van der Waals surface area (Å²) in [5.41, 5.74) is 1.72. The minimum Gasteiger partial charge on any atom is -0.465 e. The van der Waals surface area contributed by atoms with Crippen LogP contribution in [-0.2, 0) is 20.6 Å². The van der Waals surface area contributed by atoms with Gasteiger partial charge >= 0.3 is 5.97 Å². The number of methoxy groups -OCH3 is 1. The molecule has 0 radical (unpaired) electrons. The van der Waals surface area contributed by atoms with Crippen molar-refractivity contribution in [2.75, 3.05) is 20.3 Å². The lowest BCUT2D eigenvalue weighted by atomic mass is 10.1. The molecule has 1 heterocycles. The van der Waals surface area contributed by atoms with E-state index in [4.69, 9.17) is 14.2 Å². The van der Waals surface area contributed by atoms with Crippen LogP contribution in [0.2, 0.25) is 0 Å². The van der Waals surface area contributed by atoms with E-state index in [2.05, 4.69) is 0 Å². The summed E-state index contributed by atoms with van der Waals surface area (Å²) in [4.78, 5) is 11.4. The van der Waals surface area contributed by atoms with Crippen LogP contribution in [-0.4, -0.2) is 32.6 Å². The molecule has 0 bridgehead atoms. The fourth-order valence-electron chi connectivity index (χ4n) is 2.31. The Morgan fingerprint density at radius 2 is 2.30 bits per heavy atom. The highest BCUT2D eigenvalue weighted by atomic mass is 16.7. The molecule has 1 fully saturated rings. The van der Waals surface area contributed by atoms with Gasteiger partial charge in [0.05, 0.1) is 19.3 Å². The van der Waals surface area contributed by atoms with Crippen molar-refractivity contribution in [1.82, 2.24) is 0 Å². The van der Waals surface area contributed by atoms with Gasteiger partial charge in [0.25, 0.3) is 0 Å². The van der Waals surface area contributed by atoms with Crippen LogP contribution in [0.25, 0.3) is 0 Å². The van der Waals surface area contributed by atoms with Gasteiger partial charge in [-0.15, -0.1) is 0 Å². The maximum absolute atomic E-state index is 11.4. The van der Waals surface area contributed by atoms with Gasteiger partial charge in [0.2, 0.25) is 0 Å². The van der Waals surface area contributed by atoms with E-state index >= 15 is 0 Å². The van der Waals surface area contributed by atoms with E-state index in [1.54, 1.807) is 6.07 Å². The van der Waals surface area contributed by atoms with Crippen molar-refractivity contribution >= 4 is 5.97 Å². The summed E-state index contributed by atoms with van der Waals surface area (Å²) >= 11 is 0. The highest BCUT2D eigenvalue weighted by Crippen LogP contribution is 2.14. The monoisotopic (exact) mass is 278 g/mol. The van der Waals surface area contributed by atoms with Gasteiger partial charge in [-0.25, -0.2) is 4.79 Å². The number of esters is 1. The average molecular weight is 278 g/mol. The van der Waals surface area contributed by atoms with E-state index in [1.165, 1.54) is 13.5 Å². The lowest BCUT2D eigenvalue weighted by molar-refractivity contribution is -0.162. The molecule has 2 rings (SSSR count). The molecule has 0 spiro atoms. The number of benzene rings is 1. The molecule has 1 unspecified atom stereocenters. The van der Waals surface area contributed by atoms with E-state index in [0.29, 0.717) is 12.2 Å². The van der Waals surface area contributed by atoms with E-state index in [1.807, 2.05) is 18.2 Å². The first-order valence-electron chi connectivity index (χ1n) is 7.20. The zero-order chi connectivity index (χ0) is 14.2.